The number of halogens is 3. The minimum atomic E-state index is -0.494. The molecule has 3 rings (SSSR count). The first-order valence-corrected chi connectivity index (χ1v) is 8.68. The lowest BCUT2D eigenvalue weighted by Gasteiger charge is -2.09. The van der Waals surface area contributed by atoms with Gasteiger partial charge in [0.1, 0.15) is 18.1 Å². The molecule has 1 heterocycles. The van der Waals surface area contributed by atoms with E-state index in [2.05, 4.69) is 10.5 Å². The van der Waals surface area contributed by atoms with Crippen LogP contribution in [0.4, 0.5) is 5.69 Å². The maximum absolute atomic E-state index is 12.6. The summed E-state index contributed by atoms with van der Waals surface area (Å²) in [5.41, 5.74) is 0.944. The molecule has 0 saturated heterocycles. The normalized spacial score (nSPS) is 10.6. The Balaban J connectivity index is 1.78. The molecule has 3 aromatic rings. The molecule has 5 nitrogen and oxygen atoms in total. The molecule has 1 aromatic heterocycles. The van der Waals surface area contributed by atoms with E-state index in [9.17, 15) is 4.79 Å². The maximum Gasteiger partial charge on any atom is 0.278 e. The number of rotatable bonds is 5. The number of aryl methyl sites for hydroxylation is 1. The highest BCUT2D eigenvalue weighted by atomic mass is 35.5. The molecule has 0 unspecified atom stereocenters. The van der Waals surface area contributed by atoms with Gasteiger partial charge in [-0.25, -0.2) is 0 Å². The van der Waals surface area contributed by atoms with Gasteiger partial charge in [0.2, 0.25) is 0 Å². The zero-order chi connectivity index (χ0) is 18.7. The van der Waals surface area contributed by atoms with Crippen molar-refractivity contribution in [2.45, 2.75) is 13.5 Å². The lowest BCUT2D eigenvalue weighted by atomic mass is 10.2. The van der Waals surface area contributed by atoms with Crippen LogP contribution in [-0.2, 0) is 6.61 Å². The molecule has 1 N–H and O–H groups in total. The zero-order valence-electron chi connectivity index (χ0n) is 13.6. The topological polar surface area (TPSA) is 64.4 Å². The predicted molar refractivity (Wildman–Crippen MR) is 101 cm³/mol. The van der Waals surface area contributed by atoms with Crippen LogP contribution in [-0.4, -0.2) is 11.1 Å². The van der Waals surface area contributed by atoms with Crippen LogP contribution in [0.2, 0.25) is 15.1 Å². The molecule has 0 aliphatic rings. The molecular formula is C18H13Cl3N2O3. The van der Waals surface area contributed by atoms with Gasteiger partial charge in [-0.15, -0.1) is 0 Å². The van der Waals surface area contributed by atoms with E-state index in [4.69, 9.17) is 44.1 Å². The van der Waals surface area contributed by atoms with Crippen molar-refractivity contribution in [2.75, 3.05) is 5.32 Å². The third kappa shape index (κ3) is 4.12. The Hall–Kier alpha value is -2.21. The monoisotopic (exact) mass is 410 g/mol. The molecule has 0 spiro atoms. The third-order valence-corrected chi connectivity index (χ3v) is 4.48. The summed E-state index contributed by atoms with van der Waals surface area (Å²) < 4.78 is 10.8. The summed E-state index contributed by atoms with van der Waals surface area (Å²) in [5, 5.41) is 7.73. The van der Waals surface area contributed by atoms with Crippen LogP contribution in [0, 0.1) is 6.92 Å². The highest BCUT2D eigenvalue weighted by molar-refractivity contribution is 6.40. The molecular weight excluding hydrogens is 399 g/mol. The Morgan fingerprint density at radius 3 is 2.42 bits per heavy atom. The number of amides is 1. The number of anilines is 1. The van der Waals surface area contributed by atoms with Gasteiger partial charge in [0.05, 0.1) is 21.3 Å². The first-order valence-electron chi connectivity index (χ1n) is 7.54. The van der Waals surface area contributed by atoms with Gasteiger partial charge in [-0.3, -0.25) is 4.79 Å². The quantitative estimate of drug-likeness (QED) is 0.578. The minimum absolute atomic E-state index is 0.104. The summed E-state index contributed by atoms with van der Waals surface area (Å²) in [6.07, 6.45) is 0. The molecule has 0 fully saturated rings. The van der Waals surface area contributed by atoms with Gasteiger partial charge in [-0.1, -0.05) is 46.0 Å². The standard InChI is InChI=1S/C18H13Cl3N2O3/c1-10-13(9-25-12-7-5-11(19)6-8-12)16(23-26-10)18(24)22-17-14(20)3-2-4-15(17)21/h2-8H,9H2,1H3,(H,22,24). The lowest BCUT2D eigenvalue weighted by molar-refractivity contribution is 0.101. The summed E-state index contributed by atoms with van der Waals surface area (Å²) in [6.45, 7) is 1.81. The number of carbonyl (C=O) groups is 1. The molecule has 1 amide bonds. The Bertz CT molecular complexity index is 919. The number of hydrogen-bond acceptors (Lipinski definition) is 4. The molecule has 26 heavy (non-hydrogen) atoms. The SMILES string of the molecule is Cc1onc(C(=O)Nc2c(Cl)cccc2Cl)c1COc1ccc(Cl)cc1. The van der Waals surface area contributed by atoms with Gasteiger partial charge in [-0.05, 0) is 43.3 Å². The molecule has 0 bridgehead atoms. The van der Waals surface area contributed by atoms with Crippen molar-refractivity contribution in [2.24, 2.45) is 0 Å². The van der Waals surface area contributed by atoms with Crippen LogP contribution >= 0.6 is 34.8 Å². The second-order valence-corrected chi connectivity index (χ2v) is 6.61. The fourth-order valence-corrected chi connectivity index (χ4v) is 2.83. The van der Waals surface area contributed by atoms with Crippen LogP contribution < -0.4 is 10.1 Å². The second kappa shape index (κ2) is 7.99. The van der Waals surface area contributed by atoms with E-state index < -0.39 is 5.91 Å². The van der Waals surface area contributed by atoms with Gasteiger partial charge < -0.3 is 14.6 Å². The highest BCUT2D eigenvalue weighted by Crippen LogP contribution is 2.30. The highest BCUT2D eigenvalue weighted by Gasteiger charge is 2.22. The van der Waals surface area contributed by atoms with Crippen molar-refractivity contribution in [3.05, 3.63) is 74.6 Å². The molecule has 0 atom stereocenters. The summed E-state index contributed by atoms with van der Waals surface area (Å²) >= 11 is 18.0. The number of nitrogens with one attached hydrogen (secondary N) is 1. The van der Waals surface area contributed by atoms with E-state index in [0.29, 0.717) is 37.8 Å². The fourth-order valence-electron chi connectivity index (χ4n) is 2.22. The van der Waals surface area contributed by atoms with Gasteiger partial charge in [0.25, 0.3) is 5.91 Å². The first-order chi connectivity index (χ1) is 12.5. The number of ether oxygens (including phenoxy) is 1. The van der Waals surface area contributed by atoms with Crippen molar-refractivity contribution in [1.29, 1.82) is 0 Å². The Labute approximate surface area is 164 Å². The number of benzene rings is 2. The molecule has 0 aliphatic carbocycles. The second-order valence-electron chi connectivity index (χ2n) is 5.36. The summed E-state index contributed by atoms with van der Waals surface area (Å²) in [5.74, 6) is 0.594. The van der Waals surface area contributed by atoms with Crippen LogP contribution in [0.25, 0.3) is 0 Å². The molecule has 8 heteroatoms. The number of carbonyl (C=O) groups excluding carboxylic acids is 1. The summed E-state index contributed by atoms with van der Waals surface area (Å²) in [7, 11) is 0. The van der Waals surface area contributed by atoms with E-state index in [-0.39, 0.29) is 12.3 Å². The van der Waals surface area contributed by atoms with E-state index in [1.165, 1.54) is 0 Å². The molecule has 0 saturated carbocycles. The smallest absolute Gasteiger partial charge is 0.278 e. The van der Waals surface area contributed by atoms with E-state index in [1.807, 2.05) is 0 Å². The number of para-hydroxylation sites is 1. The minimum Gasteiger partial charge on any atom is -0.489 e. The average molecular weight is 412 g/mol. The van der Waals surface area contributed by atoms with Crippen molar-refractivity contribution in [3.8, 4) is 5.75 Å². The fraction of sp³-hybridized carbons (Fsp3) is 0.111. The lowest BCUT2D eigenvalue weighted by Crippen LogP contribution is -2.16. The van der Waals surface area contributed by atoms with Gasteiger partial charge in [0.15, 0.2) is 5.69 Å². The van der Waals surface area contributed by atoms with Crippen molar-refractivity contribution < 1.29 is 14.1 Å². The van der Waals surface area contributed by atoms with Crippen LogP contribution in [0.1, 0.15) is 21.8 Å². The third-order valence-electron chi connectivity index (χ3n) is 3.60. The van der Waals surface area contributed by atoms with Crippen LogP contribution in [0.5, 0.6) is 5.75 Å². The van der Waals surface area contributed by atoms with Gasteiger partial charge in [-0.2, -0.15) is 0 Å². The van der Waals surface area contributed by atoms with E-state index in [1.54, 1.807) is 49.4 Å². The Kier molecular flexibility index (Phi) is 5.71. The van der Waals surface area contributed by atoms with Crippen LogP contribution in [0.15, 0.2) is 47.0 Å². The zero-order valence-corrected chi connectivity index (χ0v) is 15.8. The van der Waals surface area contributed by atoms with E-state index >= 15 is 0 Å². The molecule has 0 radical (unpaired) electrons. The van der Waals surface area contributed by atoms with Crippen molar-refractivity contribution in [3.63, 3.8) is 0 Å². The Morgan fingerprint density at radius 1 is 1.12 bits per heavy atom. The number of nitrogens with zero attached hydrogens (tertiary/aromatic N) is 1. The summed E-state index contributed by atoms with van der Waals surface area (Å²) in [4.78, 5) is 12.6. The van der Waals surface area contributed by atoms with Gasteiger partial charge >= 0.3 is 0 Å². The largest absolute Gasteiger partial charge is 0.489 e. The molecule has 2 aromatic carbocycles. The van der Waals surface area contributed by atoms with Crippen LogP contribution in [0.3, 0.4) is 0 Å². The predicted octanol–water partition coefficient (Wildman–Crippen LogP) is 5.77. The summed E-state index contributed by atoms with van der Waals surface area (Å²) in [6, 6.07) is 11.8. The molecule has 0 aliphatic heterocycles. The Morgan fingerprint density at radius 2 is 1.77 bits per heavy atom. The van der Waals surface area contributed by atoms with Crippen molar-refractivity contribution in [1.82, 2.24) is 5.16 Å². The molecule has 134 valence electrons. The maximum atomic E-state index is 12.6. The number of hydrogen-bond donors (Lipinski definition) is 1. The van der Waals surface area contributed by atoms with Crippen molar-refractivity contribution >= 4 is 46.4 Å². The van der Waals surface area contributed by atoms with E-state index in [0.717, 1.165) is 0 Å². The number of aromatic nitrogens is 1. The average Bonchev–Trinajstić information content (AvgIpc) is 2.98. The van der Waals surface area contributed by atoms with Gasteiger partial charge in [0, 0.05) is 5.02 Å². The first kappa shape index (κ1) is 18.6.